The SMILES string of the molecule is CNCCC1CCN(C(=O)c2ccc([N+](=O)[O-])cc2)CC1. The predicted molar refractivity (Wildman–Crippen MR) is 80.3 cm³/mol. The van der Waals surface area contributed by atoms with E-state index in [1.165, 1.54) is 24.3 Å². The summed E-state index contributed by atoms with van der Waals surface area (Å²) in [6.07, 6.45) is 3.21. The van der Waals surface area contributed by atoms with Gasteiger partial charge < -0.3 is 10.2 Å². The molecule has 6 nitrogen and oxygen atoms in total. The monoisotopic (exact) mass is 291 g/mol. The molecule has 1 aliphatic rings. The highest BCUT2D eigenvalue weighted by Crippen LogP contribution is 2.22. The van der Waals surface area contributed by atoms with Gasteiger partial charge in [0, 0.05) is 30.8 Å². The van der Waals surface area contributed by atoms with Gasteiger partial charge in [-0.05, 0) is 50.9 Å². The van der Waals surface area contributed by atoms with Crippen LogP contribution in [0.5, 0.6) is 0 Å². The number of nitro groups is 1. The van der Waals surface area contributed by atoms with E-state index in [4.69, 9.17) is 0 Å². The summed E-state index contributed by atoms with van der Waals surface area (Å²) in [6.45, 7) is 2.55. The number of hydrogen-bond donors (Lipinski definition) is 1. The van der Waals surface area contributed by atoms with Gasteiger partial charge in [0.2, 0.25) is 0 Å². The Balaban J connectivity index is 1.91. The number of non-ortho nitro benzene ring substituents is 1. The Kier molecular flexibility index (Phi) is 5.27. The molecule has 0 aromatic heterocycles. The van der Waals surface area contributed by atoms with Crippen LogP contribution in [-0.2, 0) is 0 Å². The van der Waals surface area contributed by atoms with Gasteiger partial charge in [0.05, 0.1) is 4.92 Å². The second kappa shape index (κ2) is 7.17. The molecule has 1 heterocycles. The van der Waals surface area contributed by atoms with Crippen LogP contribution < -0.4 is 5.32 Å². The highest BCUT2D eigenvalue weighted by Gasteiger charge is 2.23. The number of carbonyl (C=O) groups excluding carboxylic acids is 1. The first kappa shape index (κ1) is 15.4. The normalized spacial score (nSPS) is 16.0. The van der Waals surface area contributed by atoms with Crippen LogP contribution >= 0.6 is 0 Å². The van der Waals surface area contributed by atoms with Crippen LogP contribution in [0.4, 0.5) is 5.69 Å². The van der Waals surface area contributed by atoms with Gasteiger partial charge in [-0.3, -0.25) is 14.9 Å². The zero-order valence-corrected chi connectivity index (χ0v) is 12.2. The molecule has 0 saturated carbocycles. The van der Waals surface area contributed by atoms with Crippen LogP contribution in [0.3, 0.4) is 0 Å². The minimum atomic E-state index is -0.457. The van der Waals surface area contributed by atoms with Crippen molar-refractivity contribution >= 4 is 11.6 Å². The van der Waals surface area contributed by atoms with Gasteiger partial charge in [0.1, 0.15) is 0 Å². The Morgan fingerprint density at radius 2 is 1.95 bits per heavy atom. The minimum Gasteiger partial charge on any atom is -0.339 e. The Hall–Kier alpha value is -1.95. The minimum absolute atomic E-state index is 0.0114. The summed E-state index contributed by atoms with van der Waals surface area (Å²) >= 11 is 0. The van der Waals surface area contributed by atoms with Gasteiger partial charge in [0.15, 0.2) is 0 Å². The number of rotatable bonds is 5. The van der Waals surface area contributed by atoms with Crippen LogP contribution in [-0.4, -0.2) is 42.4 Å². The zero-order chi connectivity index (χ0) is 15.2. The van der Waals surface area contributed by atoms with Crippen LogP contribution in [0.2, 0.25) is 0 Å². The summed E-state index contributed by atoms with van der Waals surface area (Å²) in [7, 11) is 1.95. The first-order chi connectivity index (χ1) is 10.1. The van der Waals surface area contributed by atoms with Gasteiger partial charge in [0.25, 0.3) is 11.6 Å². The molecule has 1 saturated heterocycles. The van der Waals surface area contributed by atoms with Crippen molar-refractivity contribution in [3.05, 3.63) is 39.9 Å². The van der Waals surface area contributed by atoms with Gasteiger partial charge in [-0.1, -0.05) is 0 Å². The molecule has 1 aromatic carbocycles. The predicted octanol–water partition coefficient (Wildman–Crippen LogP) is 2.06. The van der Waals surface area contributed by atoms with Crippen molar-refractivity contribution in [2.45, 2.75) is 19.3 Å². The smallest absolute Gasteiger partial charge is 0.269 e. The van der Waals surface area contributed by atoms with Crippen molar-refractivity contribution in [2.75, 3.05) is 26.7 Å². The van der Waals surface area contributed by atoms with Gasteiger partial charge in [-0.2, -0.15) is 0 Å². The Bertz CT molecular complexity index is 493. The molecule has 0 radical (unpaired) electrons. The van der Waals surface area contributed by atoms with Gasteiger partial charge in [-0.15, -0.1) is 0 Å². The van der Waals surface area contributed by atoms with E-state index in [1.807, 2.05) is 11.9 Å². The van der Waals surface area contributed by atoms with Crippen molar-refractivity contribution in [2.24, 2.45) is 5.92 Å². The van der Waals surface area contributed by atoms with E-state index in [0.717, 1.165) is 38.9 Å². The van der Waals surface area contributed by atoms with Crippen molar-refractivity contribution in [1.82, 2.24) is 10.2 Å². The second-order valence-corrected chi connectivity index (χ2v) is 5.43. The molecule has 0 unspecified atom stereocenters. The zero-order valence-electron chi connectivity index (χ0n) is 12.2. The number of carbonyl (C=O) groups is 1. The van der Waals surface area contributed by atoms with Crippen LogP contribution in [0.25, 0.3) is 0 Å². The number of likely N-dealkylation sites (tertiary alicyclic amines) is 1. The number of nitro benzene ring substituents is 1. The number of benzene rings is 1. The average Bonchev–Trinajstić information content (AvgIpc) is 2.53. The van der Waals surface area contributed by atoms with Crippen molar-refractivity contribution in [1.29, 1.82) is 0 Å². The topological polar surface area (TPSA) is 75.5 Å². The standard InChI is InChI=1S/C15H21N3O3/c1-16-9-6-12-7-10-17(11-8-12)15(19)13-2-4-14(5-3-13)18(20)21/h2-5,12,16H,6-11H2,1H3. The van der Waals surface area contributed by atoms with E-state index in [9.17, 15) is 14.9 Å². The molecule has 0 bridgehead atoms. The van der Waals surface area contributed by atoms with Crippen molar-refractivity contribution in [3.63, 3.8) is 0 Å². The lowest BCUT2D eigenvalue weighted by molar-refractivity contribution is -0.384. The van der Waals surface area contributed by atoms with E-state index < -0.39 is 4.92 Å². The number of nitrogens with one attached hydrogen (secondary N) is 1. The summed E-state index contributed by atoms with van der Waals surface area (Å²) < 4.78 is 0. The molecule has 1 aliphatic heterocycles. The first-order valence-corrected chi connectivity index (χ1v) is 7.30. The molecule has 2 rings (SSSR count). The van der Waals surface area contributed by atoms with E-state index >= 15 is 0 Å². The highest BCUT2D eigenvalue weighted by atomic mass is 16.6. The van der Waals surface area contributed by atoms with Crippen molar-refractivity contribution in [3.8, 4) is 0 Å². The largest absolute Gasteiger partial charge is 0.339 e. The van der Waals surface area contributed by atoms with Gasteiger partial charge in [-0.25, -0.2) is 0 Å². The summed E-state index contributed by atoms with van der Waals surface area (Å²) in [4.78, 5) is 24.3. The summed E-state index contributed by atoms with van der Waals surface area (Å²) in [5, 5.41) is 13.8. The number of amides is 1. The maximum Gasteiger partial charge on any atom is 0.269 e. The number of nitrogens with zero attached hydrogens (tertiary/aromatic N) is 2. The van der Waals surface area contributed by atoms with E-state index in [0.29, 0.717) is 11.5 Å². The lowest BCUT2D eigenvalue weighted by Crippen LogP contribution is -2.38. The lowest BCUT2D eigenvalue weighted by Gasteiger charge is -2.32. The number of hydrogen-bond acceptors (Lipinski definition) is 4. The maximum absolute atomic E-state index is 12.3. The van der Waals surface area contributed by atoms with E-state index in [1.54, 1.807) is 0 Å². The van der Waals surface area contributed by atoms with Crippen LogP contribution in [0, 0.1) is 16.0 Å². The fourth-order valence-electron chi connectivity index (χ4n) is 2.68. The molecule has 0 spiro atoms. The number of piperidine rings is 1. The quantitative estimate of drug-likeness (QED) is 0.665. The first-order valence-electron chi connectivity index (χ1n) is 7.30. The molecule has 1 amide bonds. The summed E-state index contributed by atoms with van der Waals surface area (Å²) in [5.41, 5.74) is 0.534. The molecular formula is C15H21N3O3. The Labute approximate surface area is 124 Å². The molecule has 1 fully saturated rings. The molecule has 0 atom stereocenters. The molecule has 114 valence electrons. The Morgan fingerprint density at radius 3 is 2.48 bits per heavy atom. The molecule has 1 N–H and O–H groups in total. The third-order valence-corrected chi connectivity index (χ3v) is 4.03. The Morgan fingerprint density at radius 1 is 1.33 bits per heavy atom. The summed E-state index contributed by atoms with van der Waals surface area (Å²) in [5.74, 6) is 0.648. The fourth-order valence-corrected chi connectivity index (χ4v) is 2.68. The van der Waals surface area contributed by atoms with Crippen LogP contribution in [0.1, 0.15) is 29.6 Å². The molecular weight excluding hydrogens is 270 g/mol. The third-order valence-electron chi connectivity index (χ3n) is 4.03. The maximum atomic E-state index is 12.3. The molecule has 1 aromatic rings. The lowest BCUT2D eigenvalue weighted by atomic mass is 9.93. The molecule has 0 aliphatic carbocycles. The van der Waals surface area contributed by atoms with Crippen LogP contribution in [0.15, 0.2) is 24.3 Å². The van der Waals surface area contributed by atoms with E-state index in [2.05, 4.69) is 5.32 Å². The molecule has 21 heavy (non-hydrogen) atoms. The van der Waals surface area contributed by atoms with E-state index in [-0.39, 0.29) is 11.6 Å². The fraction of sp³-hybridized carbons (Fsp3) is 0.533. The average molecular weight is 291 g/mol. The summed E-state index contributed by atoms with van der Waals surface area (Å²) in [6, 6.07) is 5.83. The van der Waals surface area contributed by atoms with Crippen molar-refractivity contribution < 1.29 is 9.72 Å². The second-order valence-electron chi connectivity index (χ2n) is 5.43. The molecule has 6 heteroatoms. The third kappa shape index (κ3) is 4.01. The highest BCUT2D eigenvalue weighted by molar-refractivity contribution is 5.94. The van der Waals surface area contributed by atoms with Gasteiger partial charge >= 0.3 is 0 Å².